The minimum Gasteiger partial charge on any atom is -0.370 e. The second-order valence-electron chi connectivity index (χ2n) is 4.39. The van der Waals surface area contributed by atoms with Gasteiger partial charge in [-0.2, -0.15) is 0 Å². The second kappa shape index (κ2) is 7.04. The molecule has 1 aromatic carbocycles. The van der Waals surface area contributed by atoms with Gasteiger partial charge < -0.3 is 10.6 Å². The Labute approximate surface area is 127 Å². The third-order valence-electron chi connectivity index (χ3n) is 2.82. The number of carbonyl (C=O) groups excluding carboxylic acids is 1. The first-order chi connectivity index (χ1) is 10.1. The monoisotopic (exact) mass is 307 g/mol. The number of halogens is 2. The lowest BCUT2D eigenvalue weighted by atomic mass is 10.2. The van der Waals surface area contributed by atoms with Gasteiger partial charge in [-0.1, -0.05) is 17.7 Å². The average Bonchev–Trinajstić information content (AvgIpc) is 2.49. The number of carbonyl (C=O) groups is 1. The van der Waals surface area contributed by atoms with Crippen LogP contribution in [-0.2, 0) is 6.54 Å². The first-order valence-electron chi connectivity index (χ1n) is 6.52. The summed E-state index contributed by atoms with van der Waals surface area (Å²) in [6.45, 7) is 3.01. The van der Waals surface area contributed by atoms with E-state index in [0.29, 0.717) is 5.56 Å². The zero-order chi connectivity index (χ0) is 15.2. The summed E-state index contributed by atoms with van der Waals surface area (Å²) in [5.74, 6) is 0.000295. The van der Waals surface area contributed by atoms with E-state index >= 15 is 0 Å². The summed E-state index contributed by atoms with van der Waals surface area (Å²) in [6, 6.07) is 7.78. The number of amides is 1. The highest BCUT2D eigenvalue weighted by atomic mass is 35.5. The molecule has 0 fully saturated rings. The van der Waals surface area contributed by atoms with E-state index < -0.39 is 5.82 Å². The van der Waals surface area contributed by atoms with E-state index in [-0.39, 0.29) is 17.5 Å². The van der Waals surface area contributed by atoms with Crippen LogP contribution in [0.3, 0.4) is 0 Å². The van der Waals surface area contributed by atoms with Gasteiger partial charge in [-0.25, -0.2) is 9.37 Å². The standard InChI is InChI=1S/C15H15ClFN3O/c1-2-18-14-6-4-11(9-19-14)15(21)20-8-10-3-5-13(17)12(16)7-10/h3-7,9H,2,8H2,1H3,(H,18,19)(H,20,21). The molecule has 0 saturated carbocycles. The molecule has 0 aliphatic rings. The van der Waals surface area contributed by atoms with Crippen molar-refractivity contribution in [2.24, 2.45) is 0 Å². The molecule has 2 aromatic rings. The summed E-state index contributed by atoms with van der Waals surface area (Å²) < 4.78 is 13.0. The quantitative estimate of drug-likeness (QED) is 0.891. The molecule has 0 radical (unpaired) electrons. The van der Waals surface area contributed by atoms with Gasteiger partial charge >= 0.3 is 0 Å². The Morgan fingerprint density at radius 2 is 2.14 bits per heavy atom. The van der Waals surface area contributed by atoms with Crippen molar-refractivity contribution in [3.63, 3.8) is 0 Å². The molecule has 1 aromatic heterocycles. The molecule has 2 rings (SSSR count). The van der Waals surface area contributed by atoms with E-state index in [0.717, 1.165) is 17.9 Å². The van der Waals surface area contributed by atoms with Crippen LogP contribution in [0.15, 0.2) is 36.5 Å². The molecular formula is C15H15ClFN3O. The summed E-state index contributed by atoms with van der Waals surface area (Å²) in [4.78, 5) is 16.1. The van der Waals surface area contributed by atoms with Crippen molar-refractivity contribution in [3.8, 4) is 0 Å². The molecule has 4 nitrogen and oxygen atoms in total. The third-order valence-corrected chi connectivity index (χ3v) is 3.11. The van der Waals surface area contributed by atoms with Crippen LogP contribution < -0.4 is 10.6 Å². The van der Waals surface area contributed by atoms with Gasteiger partial charge in [0, 0.05) is 19.3 Å². The van der Waals surface area contributed by atoms with E-state index in [1.54, 1.807) is 18.2 Å². The summed E-state index contributed by atoms with van der Waals surface area (Å²) in [6.07, 6.45) is 1.50. The Morgan fingerprint density at radius 3 is 2.76 bits per heavy atom. The number of rotatable bonds is 5. The molecule has 0 aliphatic carbocycles. The first kappa shape index (κ1) is 15.3. The van der Waals surface area contributed by atoms with Crippen LogP contribution in [0.25, 0.3) is 0 Å². The molecule has 6 heteroatoms. The van der Waals surface area contributed by atoms with Gasteiger partial charge in [0.15, 0.2) is 0 Å². The highest BCUT2D eigenvalue weighted by Crippen LogP contribution is 2.16. The molecule has 0 unspecified atom stereocenters. The number of nitrogens with one attached hydrogen (secondary N) is 2. The van der Waals surface area contributed by atoms with Crippen molar-refractivity contribution >= 4 is 23.3 Å². The maximum Gasteiger partial charge on any atom is 0.253 e. The molecule has 1 heterocycles. The van der Waals surface area contributed by atoms with Crippen molar-refractivity contribution in [2.45, 2.75) is 13.5 Å². The van der Waals surface area contributed by atoms with Gasteiger partial charge in [0.2, 0.25) is 0 Å². The third kappa shape index (κ3) is 4.16. The van der Waals surface area contributed by atoms with Crippen molar-refractivity contribution in [3.05, 3.63) is 58.5 Å². The minimum absolute atomic E-state index is 0.0402. The van der Waals surface area contributed by atoms with E-state index in [1.807, 2.05) is 6.92 Å². The smallest absolute Gasteiger partial charge is 0.253 e. The molecule has 0 atom stereocenters. The highest BCUT2D eigenvalue weighted by Gasteiger charge is 2.07. The van der Waals surface area contributed by atoms with Gasteiger partial charge in [-0.05, 0) is 36.8 Å². The zero-order valence-corrected chi connectivity index (χ0v) is 12.2. The SMILES string of the molecule is CCNc1ccc(C(=O)NCc2ccc(F)c(Cl)c2)cn1. The van der Waals surface area contributed by atoms with Crippen LogP contribution in [0, 0.1) is 5.82 Å². The lowest BCUT2D eigenvalue weighted by molar-refractivity contribution is 0.0950. The predicted octanol–water partition coefficient (Wildman–Crippen LogP) is 3.24. The number of nitrogens with zero attached hydrogens (tertiary/aromatic N) is 1. The zero-order valence-electron chi connectivity index (χ0n) is 11.5. The fraction of sp³-hybridized carbons (Fsp3) is 0.200. The summed E-state index contributed by atoms with van der Waals surface area (Å²) >= 11 is 5.69. The molecule has 110 valence electrons. The Kier molecular flexibility index (Phi) is 5.11. The van der Waals surface area contributed by atoms with Crippen molar-refractivity contribution in [1.29, 1.82) is 0 Å². The number of pyridine rings is 1. The fourth-order valence-corrected chi connectivity index (χ4v) is 1.95. The van der Waals surface area contributed by atoms with Crippen LogP contribution in [0.4, 0.5) is 10.2 Å². The van der Waals surface area contributed by atoms with E-state index in [1.165, 1.54) is 18.3 Å². The Balaban J connectivity index is 1.96. The normalized spacial score (nSPS) is 10.2. The lowest BCUT2D eigenvalue weighted by Gasteiger charge is -2.07. The topological polar surface area (TPSA) is 54.0 Å². The van der Waals surface area contributed by atoms with Crippen molar-refractivity contribution < 1.29 is 9.18 Å². The van der Waals surface area contributed by atoms with E-state index in [2.05, 4.69) is 15.6 Å². The van der Waals surface area contributed by atoms with Crippen LogP contribution in [-0.4, -0.2) is 17.4 Å². The van der Waals surface area contributed by atoms with E-state index in [9.17, 15) is 9.18 Å². The minimum atomic E-state index is -0.477. The molecule has 1 amide bonds. The molecule has 0 aliphatic heterocycles. The van der Waals surface area contributed by atoms with Crippen LogP contribution in [0.5, 0.6) is 0 Å². The number of anilines is 1. The van der Waals surface area contributed by atoms with Crippen molar-refractivity contribution in [2.75, 3.05) is 11.9 Å². The molecular weight excluding hydrogens is 293 g/mol. The molecule has 0 bridgehead atoms. The first-order valence-corrected chi connectivity index (χ1v) is 6.90. The van der Waals surface area contributed by atoms with Gasteiger partial charge in [-0.15, -0.1) is 0 Å². The van der Waals surface area contributed by atoms with Crippen molar-refractivity contribution in [1.82, 2.24) is 10.3 Å². The predicted molar refractivity (Wildman–Crippen MR) is 81.0 cm³/mol. The van der Waals surface area contributed by atoms with E-state index in [4.69, 9.17) is 11.6 Å². The van der Waals surface area contributed by atoms with Gasteiger partial charge in [0.1, 0.15) is 11.6 Å². The molecule has 21 heavy (non-hydrogen) atoms. The van der Waals surface area contributed by atoms with Crippen LogP contribution >= 0.6 is 11.6 Å². The number of hydrogen-bond acceptors (Lipinski definition) is 3. The number of benzene rings is 1. The highest BCUT2D eigenvalue weighted by molar-refractivity contribution is 6.30. The molecule has 2 N–H and O–H groups in total. The maximum atomic E-state index is 13.0. The summed E-state index contributed by atoms with van der Waals surface area (Å²) in [5.41, 5.74) is 1.19. The Bertz CT molecular complexity index is 631. The summed E-state index contributed by atoms with van der Waals surface area (Å²) in [7, 11) is 0. The van der Waals surface area contributed by atoms with Gasteiger partial charge in [0.25, 0.3) is 5.91 Å². The maximum absolute atomic E-state index is 13.0. The molecule has 0 spiro atoms. The largest absolute Gasteiger partial charge is 0.370 e. The molecule has 0 saturated heterocycles. The number of hydrogen-bond donors (Lipinski definition) is 2. The van der Waals surface area contributed by atoms with Crippen LogP contribution in [0.2, 0.25) is 5.02 Å². The average molecular weight is 308 g/mol. The second-order valence-corrected chi connectivity index (χ2v) is 4.80. The lowest BCUT2D eigenvalue weighted by Crippen LogP contribution is -2.23. The number of aromatic nitrogens is 1. The Morgan fingerprint density at radius 1 is 1.33 bits per heavy atom. The van der Waals surface area contributed by atoms with Gasteiger partial charge in [-0.3, -0.25) is 4.79 Å². The van der Waals surface area contributed by atoms with Gasteiger partial charge in [0.05, 0.1) is 10.6 Å². The summed E-state index contributed by atoms with van der Waals surface area (Å²) in [5, 5.41) is 5.82. The van der Waals surface area contributed by atoms with Crippen LogP contribution in [0.1, 0.15) is 22.8 Å². The fourth-order valence-electron chi connectivity index (χ4n) is 1.75. The Hall–Kier alpha value is -2.14.